The summed E-state index contributed by atoms with van der Waals surface area (Å²) in [5.41, 5.74) is 1.51. The van der Waals surface area contributed by atoms with Crippen molar-refractivity contribution in [3.05, 3.63) is 77.1 Å². The molecule has 0 aliphatic rings. The number of carbonyl (C=O) groups is 2. The van der Waals surface area contributed by atoms with Crippen molar-refractivity contribution in [3.8, 4) is 5.75 Å². The quantitative estimate of drug-likeness (QED) is 0.409. The van der Waals surface area contributed by atoms with Crippen molar-refractivity contribution in [2.24, 2.45) is 14.1 Å². The van der Waals surface area contributed by atoms with Crippen molar-refractivity contribution < 1.29 is 14.3 Å². The zero-order valence-electron chi connectivity index (χ0n) is 17.9. The highest BCUT2D eigenvalue weighted by atomic mass is 35.5. The molecule has 11 nitrogen and oxygen atoms in total. The molecule has 0 aliphatic carbocycles. The molecule has 33 heavy (non-hydrogen) atoms. The summed E-state index contributed by atoms with van der Waals surface area (Å²) in [5, 5.41) is 18.4. The number of hydrogen-bond donors (Lipinski definition) is 2. The molecule has 0 aliphatic heterocycles. The summed E-state index contributed by atoms with van der Waals surface area (Å²) >= 11 is 5.94. The molecule has 0 spiro atoms. The number of nitrogens with one attached hydrogen (secondary N) is 2. The van der Waals surface area contributed by atoms with Crippen LogP contribution in [0.25, 0.3) is 0 Å². The number of ether oxygens (including phenoxy) is 1. The fourth-order valence-electron chi connectivity index (χ4n) is 3.07. The van der Waals surface area contributed by atoms with Crippen molar-refractivity contribution in [2.45, 2.75) is 13.3 Å². The first-order chi connectivity index (χ1) is 15.9. The molecule has 0 saturated carbocycles. The molecule has 170 valence electrons. The van der Waals surface area contributed by atoms with Gasteiger partial charge in [-0.2, -0.15) is 15.3 Å². The van der Waals surface area contributed by atoms with Crippen molar-refractivity contribution in [2.75, 3.05) is 5.32 Å². The van der Waals surface area contributed by atoms with Gasteiger partial charge in [-0.1, -0.05) is 17.7 Å². The van der Waals surface area contributed by atoms with E-state index in [1.165, 1.54) is 15.6 Å². The maximum Gasteiger partial charge on any atom is 0.276 e. The predicted molar refractivity (Wildman–Crippen MR) is 120 cm³/mol. The molecule has 3 heterocycles. The largest absolute Gasteiger partial charge is 0.471 e. The van der Waals surface area contributed by atoms with Crippen LogP contribution < -0.4 is 15.4 Å². The highest BCUT2D eigenvalue weighted by Gasteiger charge is 2.20. The van der Waals surface area contributed by atoms with Crippen LogP contribution in [0, 0.1) is 0 Å². The second kappa shape index (κ2) is 9.57. The first-order valence-electron chi connectivity index (χ1n) is 9.90. The average molecular weight is 469 g/mol. The van der Waals surface area contributed by atoms with E-state index >= 15 is 0 Å². The zero-order chi connectivity index (χ0) is 23.4. The first-order valence-corrected chi connectivity index (χ1v) is 10.3. The Labute approximate surface area is 193 Å². The van der Waals surface area contributed by atoms with Crippen LogP contribution in [0.2, 0.25) is 5.02 Å². The number of amides is 2. The van der Waals surface area contributed by atoms with Crippen LogP contribution in [0.4, 0.5) is 5.69 Å². The SMILES string of the molecule is Cn1cc(CNC(=O)c2c(NC(=O)c3ccn(COc4cccc(Cl)c4)n3)cnn2C)cn1. The summed E-state index contributed by atoms with van der Waals surface area (Å²) in [7, 11) is 3.42. The molecule has 4 aromatic rings. The van der Waals surface area contributed by atoms with E-state index in [9.17, 15) is 9.59 Å². The Kier molecular flexibility index (Phi) is 6.41. The summed E-state index contributed by atoms with van der Waals surface area (Å²) in [6.07, 6.45) is 6.50. The Bertz CT molecular complexity index is 1290. The number of carbonyl (C=O) groups excluding carboxylic acids is 2. The number of anilines is 1. The van der Waals surface area contributed by atoms with Crippen molar-refractivity contribution in [1.82, 2.24) is 34.7 Å². The van der Waals surface area contributed by atoms with E-state index in [0.717, 1.165) is 5.56 Å². The molecular weight excluding hydrogens is 448 g/mol. The molecule has 1 aromatic carbocycles. The molecule has 12 heteroatoms. The Hall–Kier alpha value is -4.12. The van der Waals surface area contributed by atoms with Crippen LogP contribution >= 0.6 is 11.6 Å². The van der Waals surface area contributed by atoms with E-state index in [4.69, 9.17) is 16.3 Å². The van der Waals surface area contributed by atoms with Crippen molar-refractivity contribution >= 4 is 29.1 Å². The van der Waals surface area contributed by atoms with Crippen LogP contribution in [-0.4, -0.2) is 41.2 Å². The Balaban J connectivity index is 1.38. The van der Waals surface area contributed by atoms with E-state index in [-0.39, 0.29) is 29.7 Å². The van der Waals surface area contributed by atoms with Gasteiger partial charge in [0, 0.05) is 43.6 Å². The normalized spacial score (nSPS) is 10.8. The number of nitrogens with zero attached hydrogens (tertiary/aromatic N) is 6. The molecular formula is C21H21ClN8O3. The molecule has 0 saturated heterocycles. The van der Waals surface area contributed by atoms with E-state index in [1.54, 1.807) is 67.7 Å². The monoisotopic (exact) mass is 468 g/mol. The molecule has 3 aromatic heterocycles. The van der Waals surface area contributed by atoms with E-state index in [0.29, 0.717) is 17.3 Å². The van der Waals surface area contributed by atoms with Crippen LogP contribution in [0.1, 0.15) is 26.5 Å². The predicted octanol–water partition coefficient (Wildman–Crippen LogP) is 2.22. The Morgan fingerprint density at radius 1 is 1.12 bits per heavy atom. The number of aromatic nitrogens is 6. The van der Waals surface area contributed by atoms with Gasteiger partial charge in [-0.15, -0.1) is 0 Å². The molecule has 0 radical (unpaired) electrons. The highest BCUT2D eigenvalue weighted by Crippen LogP contribution is 2.18. The molecule has 0 atom stereocenters. The van der Waals surface area contributed by atoms with Crippen LogP contribution in [0.3, 0.4) is 0 Å². The van der Waals surface area contributed by atoms with E-state index in [2.05, 4.69) is 25.9 Å². The smallest absolute Gasteiger partial charge is 0.276 e. The lowest BCUT2D eigenvalue weighted by molar-refractivity contribution is 0.0942. The summed E-state index contributed by atoms with van der Waals surface area (Å²) in [6, 6.07) is 8.53. The second-order valence-corrected chi connectivity index (χ2v) is 7.60. The van der Waals surface area contributed by atoms with Crippen LogP contribution in [0.15, 0.2) is 55.1 Å². The van der Waals surface area contributed by atoms with Gasteiger partial charge in [-0.3, -0.25) is 19.0 Å². The van der Waals surface area contributed by atoms with Crippen LogP contribution in [0.5, 0.6) is 5.75 Å². The topological polar surface area (TPSA) is 121 Å². The van der Waals surface area contributed by atoms with Crippen molar-refractivity contribution in [3.63, 3.8) is 0 Å². The molecule has 0 unspecified atom stereocenters. The molecule has 2 N–H and O–H groups in total. The lowest BCUT2D eigenvalue weighted by Crippen LogP contribution is -2.26. The summed E-state index contributed by atoms with van der Waals surface area (Å²) in [4.78, 5) is 25.4. The third kappa shape index (κ3) is 5.39. The minimum Gasteiger partial charge on any atom is -0.471 e. The standard InChI is InChI=1S/C21H21ClN8O3/c1-28-12-14(10-24-28)9-23-21(32)19-18(11-25-29(19)2)26-20(31)17-6-7-30(27-17)13-33-16-5-3-4-15(22)8-16/h3-8,10-12H,9,13H2,1-2H3,(H,23,32)(H,26,31). The third-order valence-electron chi connectivity index (χ3n) is 4.65. The van der Waals surface area contributed by atoms with Gasteiger partial charge in [0.25, 0.3) is 11.8 Å². The molecule has 4 rings (SSSR count). The van der Waals surface area contributed by atoms with Gasteiger partial charge in [-0.25, -0.2) is 4.68 Å². The fourth-order valence-corrected chi connectivity index (χ4v) is 3.25. The molecule has 0 bridgehead atoms. The Morgan fingerprint density at radius 3 is 2.73 bits per heavy atom. The number of aryl methyl sites for hydroxylation is 2. The van der Waals surface area contributed by atoms with Crippen molar-refractivity contribution in [1.29, 1.82) is 0 Å². The summed E-state index contributed by atoms with van der Waals surface area (Å²) in [5.74, 6) is -0.276. The maximum atomic E-state index is 12.7. The lowest BCUT2D eigenvalue weighted by atomic mass is 10.3. The maximum absolute atomic E-state index is 12.7. The van der Waals surface area contributed by atoms with Gasteiger partial charge < -0.3 is 15.4 Å². The summed E-state index contributed by atoms with van der Waals surface area (Å²) in [6.45, 7) is 0.394. The van der Waals surface area contributed by atoms with Gasteiger partial charge in [0.05, 0.1) is 18.1 Å². The van der Waals surface area contributed by atoms with Gasteiger partial charge in [0.2, 0.25) is 0 Å². The third-order valence-corrected chi connectivity index (χ3v) is 4.88. The lowest BCUT2D eigenvalue weighted by Gasteiger charge is -2.08. The number of benzene rings is 1. The summed E-state index contributed by atoms with van der Waals surface area (Å²) < 4.78 is 10.1. The van der Waals surface area contributed by atoms with E-state index < -0.39 is 5.91 Å². The van der Waals surface area contributed by atoms with E-state index in [1.807, 2.05) is 0 Å². The first kappa shape index (κ1) is 22.1. The Morgan fingerprint density at radius 2 is 1.97 bits per heavy atom. The van der Waals surface area contributed by atoms with Gasteiger partial charge >= 0.3 is 0 Å². The van der Waals surface area contributed by atoms with Gasteiger partial charge in [-0.05, 0) is 24.3 Å². The van der Waals surface area contributed by atoms with Gasteiger partial charge in [0.15, 0.2) is 12.4 Å². The second-order valence-electron chi connectivity index (χ2n) is 7.16. The average Bonchev–Trinajstić information content (AvgIpc) is 3.51. The fraction of sp³-hybridized carbons (Fsp3) is 0.190. The molecule has 2 amide bonds. The number of rotatable bonds is 8. The zero-order valence-corrected chi connectivity index (χ0v) is 18.7. The van der Waals surface area contributed by atoms with Crippen LogP contribution in [-0.2, 0) is 27.4 Å². The van der Waals surface area contributed by atoms with Gasteiger partial charge in [0.1, 0.15) is 11.4 Å². The highest BCUT2D eigenvalue weighted by molar-refractivity contribution is 6.30. The minimum atomic E-state index is -0.481. The molecule has 0 fully saturated rings. The minimum absolute atomic E-state index is 0.0997. The number of hydrogen-bond acceptors (Lipinski definition) is 6. The number of halogens is 1.